The van der Waals surface area contributed by atoms with Gasteiger partial charge in [0, 0.05) is 11.1 Å². The predicted molar refractivity (Wildman–Crippen MR) is 89.8 cm³/mol. The number of aromatic hydroxyl groups is 1. The van der Waals surface area contributed by atoms with Crippen molar-refractivity contribution in [2.24, 2.45) is 0 Å². The first-order valence-electron chi connectivity index (χ1n) is 7.54. The Morgan fingerprint density at radius 1 is 1.12 bits per heavy atom. The minimum absolute atomic E-state index is 0.00212. The topological polar surface area (TPSA) is 96.6 Å². The number of hydrogen-bond donors (Lipinski definition) is 1. The van der Waals surface area contributed by atoms with Crippen molar-refractivity contribution in [2.75, 3.05) is 7.11 Å². The molecule has 0 aliphatic carbocycles. The van der Waals surface area contributed by atoms with Crippen LogP contribution in [-0.4, -0.2) is 30.1 Å². The molecule has 0 atom stereocenters. The van der Waals surface area contributed by atoms with Crippen LogP contribution in [0.25, 0.3) is 0 Å². The number of phenols is 1. The normalized spacial score (nSPS) is 10.2. The Labute approximate surface area is 145 Å². The molecule has 128 valence electrons. The fourth-order valence-electron chi connectivity index (χ4n) is 2.22. The molecule has 25 heavy (non-hydrogen) atoms. The van der Waals surface area contributed by atoms with Crippen LogP contribution in [0, 0.1) is 11.3 Å². The van der Waals surface area contributed by atoms with Gasteiger partial charge in [0.15, 0.2) is 17.3 Å². The molecule has 0 heterocycles. The lowest BCUT2D eigenvalue weighted by Crippen LogP contribution is -2.16. The van der Waals surface area contributed by atoms with Gasteiger partial charge in [0.05, 0.1) is 30.4 Å². The molecule has 0 spiro atoms. The van der Waals surface area contributed by atoms with Crippen molar-refractivity contribution in [2.45, 2.75) is 20.0 Å². The van der Waals surface area contributed by atoms with E-state index >= 15 is 0 Å². The van der Waals surface area contributed by atoms with Crippen molar-refractivity contribution in [1.82, 2.24) is 0 Å². The molecule has 0 saturated heterocycles. The van der Waals surface area contributed by atoms with Crippen molar-refractivity contribution < 1.29 is 24.2 Å². The summed E-state index contributed by atoms with van der Waals surface area (Å²) in [5.41, 5.74) is 0.683. The summed E-state index contributed by atoms with van der Waals surface area (Å²) in [6.07, 6.45) is -0.370. The van der Waals surface area contributed by atoms with Crippen LogP contribution in [0.1, 0.15) is 45.7 Å². The molecule has 0 saturated carbocycles. The lowest BCUT2D eigenvalue weighted by molar-refractivity contribution is 0.0375. The van der Waals surface area contributed by atoms with E-state index in [0.29, 0.717) is 5.56 Å². The Hall–Kier alpha value is -3.33. The third kappa shape index (κ3) is 3.96. The number of benzene rings is 2. The molecule has 0 bridgehead atoms. The molecule has 2 aromatic rings. The summed E-state index contributed by atoms with van der Waals surface area (Å²) in [5, 5.41) is 18.8. The van der Waals surface area contributed by atoms with Gasteiger partial charge < -0.3 is 14.6 Å². The summed E-state index contributed by atoms with van der Waals surface area (Å²) in [7, 11) is 1.34. The van der Waals surface area contributed by atoms with Crippen LogP contribution in [0.5, 0.6) is 11.5 Å². The second-order valence-electron chi connectivity index (χ2n) is 5.54. The number of rotatable bonds is 5. The number of nitriles is 1. The molecule has 2 rings (SSSR count). The van der Waals surface area contributed by atoms with Gasteiger partial charge >= 0.3 is 5.97 Å². The molecule has 0 aromatic heterocycles. The minimum atomic E-state index is -0.690. The maximum absolute atomic E-state index is 12.8. The van der Waals surface area contributed by atoms with Gasteiger partial charge in [0.2, 0.25) is 0 Å². The maximum atomic E-state index is 12.8. The molecule has 0 amide bonds. The highest BCUT2D eigenvalue weighted by Crippen LogP contribution is 2.31. The molecule has 1 N–H and O–H groups in total. The molecule has 0 radical (unpaired) electrons. The third-order valence-electron chi connectivity index (χ3n) is 3.40. The third-order valence-corrected chi connectivity index (χ3v) is 3.40. The largest absolute Gasteiger partial charge is 0.504 e. The lowest BCUT2D eigenvalue weighted by atomic mass is 9.97. The molecule has 6 nitrogen and oxygen atoms in total. The summed E-state index contributed by atoms with van der Waals surface area (Å²) >= 11 is 0. The quantitative estimate of drug-likeness (QED) is 0.664. The van der Waals surface area contributed by atoms with E-state index in [9.17, 15) is 14.7 Å². The van der Waals surface area contributed by atoms with Gasteiger partial charge in [-0.05, 0) is 50.2 Å². The van der Waals surface area contributed by atoms with Crippen molar-refractivity contribution in [3.8, 4) is 17.6 Å². The van der Waals surface area contributed by atoms with Gasteiger partial charge in [-0.15, -0.1) is 0 Å². The molecule has 2 aromatic carbocycles. The van der Waals surface area contributed by atoms with Crippen LogP contribution >= 0.6 is 0 Å². The number of ether oxygens (including phenoxy) is 2. The van der Waals surface area contributed by atoms with E-state index in [1.165, 1.54) is 43.5 Å². The number of phenolic OH excluding ortho intramolecular Hbond substituents is 1. The molecule has 6 heteroatoms. The first-order valence-corrected chi connectivity index (χ1v) is 7.54. The van der Waals surface area contributed by atoms with Crippen LogP contribution in [0.3, 0.4) is 0 Å². The Kier molecular flexibility index (Phi) is 5.40. The fourth-order valence-corrected chi connectivity index (χ4v) is 2.22. The first kappa shape index (κ1) is 18.0. The van der Waals surface area contributed by atoms with Crippen LogP contribution < -0.4 is 4.74 Å². The van der Waals surface area contributed by atoms with Crippen LogP contribution in [0.2, 0.25) is 0 Å². The summed E-state index contributed by atoms with van der Waals surface area (Å²) in [6, 6.07) is 10.4. The predicted octanol–water partition coefficient (Wildman–Crippen LogP) is 3.07. The van der Waals surface area contributed by atoms with Crippen LogP contribution in [-0.2, 0) is 4.74 Å². The number of hydrogen-bond acceptors (Lipinski definition) is 6. The maximum Gasteiger partial charge on any atom is 0.339 e. The van der Waals surface area contributed by atoms with Gasteiger partial charge in [-0.3, -0.25) is 4.79 Å². The lowest BCUT2D eigenvalue weighted by Gasteiger charge is -2.14. The highest BCUT2D eigenvalue weighted by molar-refractivity contribution is 6.15. The number of methoxy groups -OCH3 is 1. The second kappa shape index (κ2) is 7.49. The van der Waals surface area contributed by atoms with Crippen molar-refractivity contribution in [3.05, 3.63) is 58.7 Å². The van der Waals surface area contributed by atoms with E-state index in [0.717, 1.165) is 0 Å². The number of nitrogens with zero attached hydrogens (tertiary/aromatic N) is 1. The summed E-state index contributed by atoms with van der Waals surface area (Å²) < 4.78 is 10.2. The number of carbonyl (C=O) groups is 2. The second-order valence-corrected chi connectivity index (χ2v) is 5.54. The van der Waals surface area contributed by atoms with E-state index in [-0.39, 0.29) is 34.3 Å². The van der Waals surface area contributed by atoms with E-state index in [2.05, 4.69) is 0 Å². The Morgan fingerprint density at radius 2 is 1.76 bits per heavy atom. The number of carbonyl (C=O) groups excluding carboxylic acids is 2. The van der Waals surface area contributed by atoms with Crippen molar-refractivity contribution in [3.63, 3.8) is 0 Å². The Bertz CT molecular complexity index is 847. The first-order chi connectivity index (χ1) is 11.9. The standard InChI is InChI=1S/C19H17NO5/c1-11(2)25-19(23)15-9-17(24-3)16(21)8-14(15)18(22)13-6-4-12(10-20)5-7-13/h4-9,11,21H,1-3H3. The van der Waals surface area contributed by atoms with Gasteiger partial charge in [-0.1, -0.05) is 0 Å². The number of esters is 1. The average molecular weight is 339 g/mol. The smallest absolute Gasteiger partial charge is 0.339 e. The van der Waals surface area contributed by atoms with Crippen molar-refractivity contribution in [1.29, 1.82) is 5.26 Å². The van der Waals surface area contributed by atoms with Gasteiger partial charge in [0.1, 0.15) is 0 Å². The Morgan fingerprint density at radius 3 is 2.28 bits per heavy atom. The average Bonchev–Trinajstić information content (AvgIpc) is 2.60. The fraction of sp³-hybridized carbons (Fsp3) is 0.211. The zero-order chi connectivity index (χ0) is 18.6. The van der Waals surface area contributed by atoms with E-state index in [1.54, 1.807) is 13.8 Å². The minimum Gasteiger partial charge on any atom is -0.504 e. The van der Waals surface area contributed by atoms with Gasteiger partial charge in [-0.2, -0.15) is 5.26 Å². The summed E-state index contributed by atoms with van der Waals surface area (Å²) in [5.74, 6) is -1.36. The monoisotopic (exact) mass is 339 g/mol. The van der Waals surface area contributed by atoms with E-state index in [1.807, 2.05) is 6.07 Å². The number of ketones is 1. The highest BCUT2D eigenvalue weighted by atomic mass is 16.5. The summed E-state index contributed by atoms with van der Waals surface area (Å²) in [4.78, 5) is 25.1. The molecule has 0 aliphatic rings. The highest BCUT2D eigenvalue weighted by Gasteiger charge is 2.23. The molecule has 0 unspecified atom stereocenters. The van der Waals surface area contributed by atoms with Gasteiger partial charge in [0.25, 0.3) is 0 Å². The molecular weight excluding hydrogens is 322 g/mol. The zero-order valence-electron chi connectivity index (χ0n) is 14.1. The molecular formula is C19H17NO5. The molecule has 0 aliphatic heterocycles. The zero-order valence-corrected chi connectivity index (χ0v) is 14.1. The molecule has 0 fully saturated rings. The van der Waals surface area contributed by atoms with Crippen molar-refractivity contribution >= 4 is 11.8 Å². The van der Waals surface area contributed by atoms with Crippen LogP contribution in [0.15, 0.2) is 36.4 Å². The summed E-state index contributed by atoms with van der Waals surface area (Å²) in [6.45, 7) is 3.38. The van der Waals surface area contributed by atoms with Gasteiger partial charge in [-0.25, -0.2) is 4.79 Å². The van der Waals surface area contributed by atoms with Crippen LogP contribution in [0.4, 0.5) is 0 Å². The SMILES string of the molecule is COc1cc(C(=O)OC(C)C)c(C(=O)c2ccc(C#N)cc2)cc1O. The van der Waals surface area contributed by atoms with E-state index in [4.69, 9.17) is 14.7 Å². The Balaban J connectivity index is 2.53. The van der Waals surface area contributed by atoms with E-state index < -0.39 is 11.8 Å².